The first-order valence-corrected chi connectivity index (χ1v) is 11.5. The van der Waals surface area contributed by atoms with E-state index in [1.54, 1.807) is 6.92 Å². The number of ether oxygens (including phenoxy) is 1. The lowest BCUT2D eigenvalue weighted by atomic mass is 10.00. The summed E-state index contributed by atoms with van der Waals surface area (Å²) in [6.07, 6.45) is 0.998. The molecule has 1 N–H and O–H groups in total. The molecule has 1 aromatic heterocycles. The number of hydrogen-bond donors (Lipinski definition) is 1. The molecule has 0 bridgehead atoms. The van der Waals surface area contributed by atoms with Gasteiger partial charge in [-0.1, -0.05) is 18.6 Å². The maximum atomic E-state index is 13.7. The molecule has 3 aromatic rings. The number of aromatic nitrogens is 1. The summed E-state index contributed by atoms with van der Waals surface area (Å²) in [5, 5.41) is 1.13. The molecule has 0 spiro atoms. The first kappa shape index (κ1) is 24.4. The molecule has 0 saturated carbocycles. The second-order valence-electron chi connectivity index (χ2n) is 8.74. The average Bonchev–Trinajstić information content (AvgIpc) is 3.12. The summed E-state index contributed by atoms with van der Waals surface area (Å²) < 4.78 is 4.15. The quantitative estimate of drug-likeness (QED) is 0.538. The molecule has 6 nitrogen and oxygen atoms in total. The van der Waals surface area contributed by atoms with E-state index >= 15 is 0 Å². The molecule has 2 aromatic carbocycles. The van der Waals surface area contributed by atoms with Crippen LogP contribution in [0.5, 0.6) is 0 Å². The minimum absolute atomic E-state index is 0.0578. The number of aromatic amines is 1. The van der Waals surface area contributed by atoms with Crippen LogP contribution >= 0.6 is 0 Å². The summed E-state index contributed by atoms with van der Waals surface area (Å²) in [5.41, 5.74) is 8.57. The van der Waals surface area contributed by atoms with Crippen molar-refractivity contribution < 1.29 is 14.3 Å². The third-order valence-electron chi connectivity index (χ3n) is 6.58. The highest BCUT2D eigenvalue weighted by Crippen LogP contribution is 2.38. The second kappa shape index (κ2) is 10.1. The Morgan fingerprint density at radius 1 is 1.09 bits per heavy atom. The molecule has 0 fully saturated rings. The lowest BCUT2D eigenvalue weighted by molar-refractivity contribution is -0.128. The predicted molar refractivity (Wildman–Crippen MR) is 136 cm³/mol. The fourth-order valence-corrected chi connectivity index (χ4v) is 4.37. The zero-order valence-corrected chi connectivity index (χ0v) is 20.8. The van der Waals surface area contributed by atoms with Crippen molar-refractivity contribution in [2.45, 2.75) is 54.0 Å². The normalized spacial score (nSPS) is 15.1. The van der Waals surface area contributed by atoms with E-state index < -0.39 is 0 Å². The van der Waals surface area contributed by atoms with Crippen molar-refractivity contribution in [1.82, 2.24) is 4.98 Å². The molecule has 4 rings (SSSR count). The number of nitrogens with zero attached hydrogens (tertiary/aromatic N) is 2. The summed E-state index contributed by atoms with van der Waals surface area (Å²) in [7, 11) is 2.14. The molecule has 1 atom stereocenters. The second-order valence-corrected chi connectivity index (χ2v) is 8.74. The van der Waals surface area contributed by atoms with E-state index in [1.165, 1.54) is 16.7 Å². The van der Waals surface area contributed by atoms with Gasteiger partial charge in [0.15, 0.2) is 0 Å². The number of carbonyl (C=O) groups excluding carboxylic acids is 2. The minimum atomic E-state index is 0.0578. The molecule has 176 valence electrons. The van der Waals surface area contributed by atoms with E-state index in [2.05, 4.69) is 79.7 Å². The van der Waals surface area contributed by atoms with Crippen molar-refractivity contribution in [1.29, 1.82) is 0 Å². The standard InChI is InChI=1S/C24H29N3O.C3H6O2/c1-7-18-13-27(22-12-16(4)15(3)11-21(22)26(18)6)24(28)23-17(5)19-10-14(2)8-9-20(19)25-23;1-2-5-3-4/h8-12,18,25H,7,13H2,1-6H3;3H,2H2,1H3. The Hall–Kier alpha value is -3.28. The van der Waals surface area contributed by atoms with E-state index in [4.69, 9.17) is 0 Å². The SMILES string of the molecule is CCC1CN(C(=O)c2[nH]c3ccc(C)cc3c2C)c2cc(C)c(C)cc2N1C.CCOC=O. The predicted octanol–water partition coefficient (Wildman–Crippen LogP) is 5.46. The van der Waals surface area contributed by atoms with Crippen LogP contribution in [0.25, 0.3) is 10.9 Å². The Morgan fingerprint density at radius 3 is 2.33 bits per heavy atom. The van der Waals surface area contributed by atoms with Crippen molar-refractivity contribution in [3.63, 3.8) is 0 Å². The van der Waals surface area contributed by atoms with Crippen molar-refractivity contribution >= 4 is 34.7 Å². The van der Waals surface area contributed by atoms with Crippen LogP contribution in [0, 0.1) is 27.7 Å². The van der Waals surface area contributed by atoms with Gasteiger partial charge in [-0.05, 0) is 82.0 Å². The van der Waals surface area contributed by atoms with Crippen molar-refractivity contribution in [2.75, 3.05) is 30.0 Å². The van der Waals surface area contributed by atoms with Crippen LogP contribution < -0.4 is 9.80 Å². The van der Waals surface area contributed by atoms with Crippen LogP contribution in [0.2, 0.25) is 0 Å². The molecular weight excluding hydrogens is 414 g/mol. The van der Waals surface area contributed by atoms with Crippen LogP contribution in [0.4, 0.5) is 11.4 Å². The Balaban J connectivity index is 0.000000555. The van der Waals surface area contributed by atoms with E-state index in [0.29, 0.717) is 31.4 Å². The lowest BCUT2D eigenvalue weighted by Gasteiger charge is -2.42. The topological polar surface area (TPSA) is 65.6 Å². The van der Waals surface area contributed by atoms with Gasteiger partial charge in [-0.2, -0.15) is 0 Å². The smallest absolute Gasteiger partial charge is 0.293 e. The van der Waals surface area contributed by atoms with Crippen molar-refractivity contribution in [3.05, 3.63) is 58.3 Å². The molecule has 0 saturated heterocycles. The first-order valence-electron chi connectivity index (χ1n) is 11.5. The largest absolute Gasteiger partial charge is 0.468 e. The van der Waals surface area contributed by atoms with Gasteiger partial charge in [0, 0.05) is 30.5 Å². The molecule has 6 heteroatoms. The van der Waals surface area contributed by atoms with Gasteiger partial charge in [0.1, 0.15) is 5.69 Å². The number of rotatable bonds is 4. The Labute approximate surface area is 196 Å². The van der Waals surface area contributed by atoms with E-state index in [-0.39, 0.29) is 5.91 Å². The Morgan fingerprint density at radius 2 is 1.76 bits per heavy atom. The van der Waals surface area contributed by atoms with Crippen LogP contribution in [0.3, 0.4) is 0 Å². The monoisotopic (exact) mass is 449 g/mol. The van der Waals surface area contributed by atoms with Crippen molar-refractivity contribution in [2.24, 2.45) is 0 Å². The van der Waals surface area contributed by atoms with Gasteiger partial charge in [0.25, 0.3) is 12.4 Å². The highest BCUT2D eigenvalue weighted by molar-refractivity contribution is 6.11. The van der Waals surface area contributed by atoms with E-state index in [9.17, 15) is 9.59 Å². The summed E-state index contributed by atoms with van der Waals surface area (Å²) in [6.45, 7) is 13.9. The van der Waals surface area contributed by atoms with Gasteiger partial charge >= 0.3 is 0 Å². The number of aryl methyl sites for hydroxylation is 4. The Bertz CT molecular complexity index is 1170. The maximum Gasteiger partial charge on any atom is 0.293 e. The van der Waals surface area contributed by atoms with E-state index in [0.717, 1.165) is 34.3 Å². The zero-order chi connectivity index (χ0) is 24.3. The number of anilines is 2. The molecule has 0 radical (unpaired) electrons. The third kappa shape index (κ3) is 4.75. The van der Waals surface area contributed by atoms with Gasteiger partial charge < -0.3 is 19.5 Å². The average molecular weight is 450 g/mol. The lowest BCUT2D eigenvalue weighted by Crippen LogP contribution is -2.49. The van der Waals surface area contributed by atoms with Gasteiger partial charge in [-0.3, -0.25) is 9.59 Å². The molecule has 1 aliphatic rings. The highest BCUT2D eigenvalue weighted by Gasteiger charge is 2.33. The summed E-state index contributed by atoms with van der Waals surface area (Å²) in [5.74, 6) is 0.0578. The van der Waals surface area contributed by atoms with Gasteiger partial charge in [-0.15, -0.1) is 0 Å². The number of carbonyl (C=O) groups is 2. The molecule has 0 aliphatic carbocycles. The van der Waals surface area contributed by atoms with Gasteiger partial charge in [0.2, 0.25) is 0 Å². The minimum Gasteiger partial charge on any atom is -0.468 e. The zero-order valence-electron chi connectivity index (χ0n) is 20.8. The third-order valence-corrected chi connectivity index (χ3v) is 6.58. The number of benzene rings is 2. The van der Waals surface area contributed by atoms with Crippen molar-refractivity contribution in [3.8, 4) is 0 Å². The molecular formula is C27H35N3O3. The Kier molecular flexibility index (Phi) is 7.46. The molecule has 1 unspecified atom stereocenters. The van der Waals surface area contributed by atoms with Crippen LogP contribution in [-0.4, -0.2) is 43.6 Å². The van der Waals surface area contributed by atoms with Crippen LogP contribution in [0.15, 0.2) is 30.3 Å². The molecule has 1 amide bonds. The van der Waals surface area contributed by atoms with E-state index in [1.807, 2.05) is 11.8 Å². The molecule has 2 heterocycles. The fraction of sp³-hybridized carbons (Fsp3) is 0.407. The van der Waals surface area contributed by atoms with Gasteiger partial charge in [0.05, 0.1) is 18.0 Å². The summed E-state index contributed by atoms with van der Waals surface area (Å²) in [6, 6.07) is 11.0. The maximum absolute atomic E-state index is 13.7. The number of nitrogens with one attached hydrogen (secondary N) is 1. The number of amides is 1. The fourth-order valence-electron chi connectivity index (χ4n) is 4.37. The summed E-state index contributed by atoms with van der Waals surface area (Å²) >= 11 is 0. The number of likely N-dealkylation sites (N-methyl/N-ethyl adjacent to an activating group) is 1. The first-order chi connectivity index (χ1) is 15.7. The molecule has 33 heavy (non-hydrogen) atoms. The highest BCUT2D eigenvalue weighted by atomic mass is 16.5. The van der Waals surface area contributed by atoms with Crippen LogP contribution in [-0.2, 0) is 9.53 Å². The summed E-state index contributed by atoms with van der Waals surface area (Å²) in [4.78, 5) is 30.5. The number of fused-ring (bicyclic) bond motifs is 2. The number of H-pyrrole nitrogens is 1. The van der Waals surface area contributed by atoms with Gasteiger partial charge in [-0.25, -0.2) is 0 Å². The van der Waals surface area contributed by atoms with Crippen LogP contribution in [0.1, 0.15) is 53.0 Å². The number of hydrogen-bond acceptors (Lipinski definition) is 4. The molecule has 1 aliphatic heterocycles.